The number of rotatable bonds is 9. The first-order valence-corrected chi connectivity index (χ1v) is 8.22. The van der Waals surface area contributed by atoms with Gasteiger partial charge < -0.3 is 4.74 Å². The molecule has 0 fully saturated rings. The van der Waals surface area contributed by atoms with Crippen LogP contribution in [0.3, 0.4) is 0 Å². The van der Waals surface area contributed by atoms with E-state index in [-0.39, 0.29) is 0 Å². The lowest BCUT2D eigenvalue weighted by Gasteiger charge is -2.20. The van der Waals surface area contributed by atoms with Crippen LogP contribution in [-0.2, 0) is 0 Å². The zero-order chi connectivity index (χ0) is 15.8. The van der Waals surface area contributed by atoms with Crippen molar-refractivity contribution in [3.63, 3.8) is 0 Å². The van der Waals surface area contributed by atoms with Crippen LogP contribution in [0.5, 0.6) is 5.75 Å². The number of carbonyl (C=O) groups excluding carboxylic acids is 1. The highest BCUT2D eigenvalue weighted by molar-refractivity contribution is 6.67. The Bertz CT molecular complexity index is 427. The van der Waals surface area contributed by atoms with Crippen LogP contribution in [0.4, 0.5) is 0 Å². The van der Waals surface area contributed by atoms with Crippen molar-refractivity contribution in [1.82, 2.24) is 0 Å². The summed E-state index contributed by atoms with van der Waals surface area (Å²) in [6.45, 7) is 9.82. The van der Waals surface area contributed by atoms with E-state index in [0.717, 1.165) is 17.6 Å². The van der Waals surface area contributed by atoms with Gasteiger partial charge in [-0.3, -0.25) is 4.79 Å². The fourth-order valence-corrected chi connectivity index (χ4v) is 2.75. The minimum atomic E-state index is -0.436. The maximum absolute atomic E-state index is 11.0. The summed E-state index contributed by atoms with van der Waals surface area (Å²) in [5.74, 6) is 2.85. The topological polar surface area (TPSA) is 26.3 Å². The molecule has 0 saturated heterocycles. The highest BCUT2D eigenvalue weighted by Crippen LogP contribution is 2.22. The largest absolute Gasteiger partial charge is 0.493 e. The van der Waals surface area contributed by atoms with Crippen LogP contribution >= 0.6 is 11.6 Å². The van der Waals surface area contributed by atoms with E-state index in [1.807, 2.05) is 0 Å². The van der Waals surface area contributed by atoms with Gasteiger partial charge in [0.25, 0.3) is 5.24 Å². The normalized spacial score (nSPS) is 15.3. The fraction of sp³-hybridized carbons (Fsp3) is 0.611. The molecule has 0 aliphatic carbocycles. The lowest BCUT2D eigenvalue weighted by Crippen LogP contribution is -2.13. The van der Waals surface area contributed by atoms with Gasteiger partial charge in [0.15, 0.2) is 0 Å². The molecule has 0 aliphatic rings. The molecule has 0 amide bonds. The predicted octanol–water partition coefficient (Wildman–Crippen LogP) is 5.54. The number of benzene rings is 1. The standard InChI is InChI=1S/C18H27ClO2/c1-5-13(2)10-14(3)11-15(4)12-21-17-8-6-16(7-9-17)18(19)20/h6-9,13-15H,5,10-12H2,1-4H3. The zero-order valence-electron chi connectivity index (χ0n) is 13.6. The van der Waals surface area contributed by atoms with E-state index in [2.05, 4.69) is 27.7 Å². The van der Waals surface area contributed by atoms with Gasteiger partial charge in [0, 0.05) is 5.56 Å². The van der Waals surface area contributed by atoms with Crippen molar-refractivity contribution in [3.05, 3.63) is 29.8 Å². The molecule has 3 heteroatoms. The Kier molecular flexibility index (Phi) is 7.81. The Morgan fingerprint density at radius 3 is 2.14 bits per heavy atom. The van der Waals surface area contributed by atoms with Gasteiger partial charge in [-0.25, -0.2) is 0 Å². The third-order valence-electron chi connectivity index (χ3n) is 3.92. The second-order valence-corrected chi connectivity index (χ2v) is 6.65. The van der Waals surface area contributed by atoms with Crippen molar-refractivity contribution < 1.29 is 9.53 Å². The molecule has 21 heavy (non-hydrogen) atoms. The van der Waals surface area contributed by atoms with Crippen LogP contribution in [-0.4, -0.2) is 11.8 Å². The van der Waals surface area contributed by atoms with Crippen LogP contribution in [0.1, 0.15) is 57.3 Å². The quantitative estimate of drug-likeness (QED) is 0.559. The van der Waals surface area contributed by atoms with Crippen molar-refractivity contribution in [2.75, 3.05) is 6.61 Å². The van der Waals surface area contributed by atoms with Gasteiger partial charge in [-0.15, -0.1) is 0 Å². The highest BCUT2D eigenvalue weighted by Gasteiger charge is 2.12. The molecule has 1 aromatic carbocycles. The number of hydrogen-bond acceptors (Lipinski definition) is 2. The molecule has 0 aliphatic heterocycles. The minimum absolute atomic E-state index is 0.436. The maximum atomic E-state index is 11.0. The smallest absolute Gasteiger partial charge is 0.252 e. The van der Waals surface area contributed by atoms with Crippen LogP contribution < -0.4 is 4.74 Å². The van der Waals surface area contributed by atoms with Gasteiger partial charge in [0.05, 0.1) is 6.61 Å². The molecule has 0 N–H and O–H groups in total. The lowest BCUT2D eigenvalue weighted by atomic mass is 9.89. The van der Waals surface area contributed by atoms with Crippen LogP contribution in [0, 0.1) is 17.8 Å². The van der Waals surface area contributed by atoms with E-state index in [0.29, 0.717) is 18.1 Å². The summed E-state index contributed by atoms with van der Waals surface area (Å²) in [6.07, 6.45) is 3.72. The van der Waals surface area contributed by atoms with E-state index < -0.39 is 5.24 Å². The predicted molar refractivity (Wildman–Crippen MR) is 89.1 cm³/mol. The van der Waals surface area contributed by atoms with Crippen molar-refractivity contribution in [2.45, 2.75) is 47.0 Å². The SMILES string of the molecule is CCC(C)CC(C)CC(C)COc1ccc(C(=O)Cl)cc1. The molecule has 0 heterocycles. The summed E-state index contributed by atoms with van der Waals surface area (Å²) in [5.41, 5.74) is 0.499. The van der Waals surface area contributed by atoms with Crippen molar-refractivity contribution in [1.29, 1.82) is 0 Å². The van der Waals surface area contributed by atoms with Gasteiger partial charge in [0.2, 0.25) is 0 Å². The minimum Gasteiger partial charge on any atom is -0.493 e. The van der Waals surface area contributed by atoms with Gasteiger partial charge in [-0.05, 0) is 66.5 Å². The van der Waals surface area contributed by atoms with Crippen LogP contribution in [0.15, 0.2) is 24.3 Å². The molecule has 0 saturated carbocycles. The monoisotopic (exact) mass is 310 g/mol. The highest BCUT2D eigenvalue weighted by atomic mass is 35.5. The van der Waals surface area contributed by atoms with Gasteiger partial charge >= 0.3 is 0 Å². The maximum Gasteiger partial charge on any atom is 0.252 e. The molecular formula is C18H27ClO2. The first-order valence-electron chi connectivity index (χ1n) is 7.85. The van der Waals surface area contributed by atoms with Crippen molar-refractivity contribution in [3.8, 4) is 5.75 Å². The molecule has 3 atom stereocenters. The molecule has 3 unspecified atom stereocenters. The molecule has 1 rings (SSSR count). The van der Waals surface area contributed by atoms with Crippen LogP contribution in [0.2, 0.25) is 0 Å². The third-order valence-corrected chi connectivity index (χ3v) is 4.14. The second kappa shape index (κ2) is 9.09. The summed E-state index contributed by atoms with van der Waals surface area (Å²) in [6, 6.07) is 6.98. The summed E-state index contributed by atoms with van der Waals surface area (Å²) < 4.78 is 5.78. The second-order valence-electron chi connectivity index (χ2n) is 6.30. The van der Waals surface area contributed by atoms with E-state index in [4.69, 9.17) is 16.3 Å². The third kappa shape index (κ3) is 6.99. The number of hydrogen-bond donors (Lipinski definition) is 0. The van der Waals surface area contributed by atoms with Crippen LogP contribution in [0.25, 0.3) is 0 Å². The molecular weight excluding hydrogens is 284 g/mol. The molecule has 118 valence electrons. The Balaban J connectivity index is 2.35. The average Bonchev–Trinajstić information content (AvgIpc) is 2.45. The average molecular weight is 311 g/mol. The number of carbonyl (C=O) groups is 1. The summed E-state index contributed by atoms with van der Waals surface area (Å²) in [7, 11) is 0. The van der Waals surface area contributed by atoms with Crippen molar-refractivity contribution >= 4 is 16.8 Å². The molecule has 0 spiro atoms. The Morgan fingerprint density at radius 2 is 1.62 bits per heavy atom. The zero-order valence-corrected chi connectivity index (χ0v) is 14.3. The molecule has 2 nitrogen and oxygen atoms in total. The molecule has 0 aromatic heterocycles. The van der Waals surface area contributed by atoms with E-state index in [1.54, 1.807) is 24.3 Å². The fourth-order valence-electron chi connectivity index (χ4n) is 2.63. The summed E-state index contributed by atoms with van der Waals surface area (Å²) in [4.78, 5) is 11.0. The molecule has 0 radical (unpaired) electrons. The molecule has 1 aromatic rings. The first-order chi connectivity index (χ1) is 9.92. The van der Waals surface area contributed by atoms with Gasteiger partial charge in [-0.1, -0.05) is 34.1 Å². The Morgan fingerprint density at radius 1 is 1.05 bits per heavy atom. The first kappa shape index (κ1) is 18.0. The molecule has 0 bridgehead atoms. The van der Waals surface area contributed by atoms with E-state index in [9.17, 15) is 4.79 Å². The number of halogens is 1. The van der Waals surface area contributed by atoms with Gasteiger partial charge in [-0.2, -0.15) is 0 Å². The Labute approximate surface area is 133 Å². The summed E-state index contributed by atoms with van der Waals surface area (Å²) >= 11 is 5.41. The van der Waals surface area contributed by atoms with Crippen molar-refractivity contribution in [2.24, 2.45) is 17.8 Å². The summed E-state index contributed by atoms with van der Waals surface area (Å²) in [5, 5.41) is -0.436. The lowest BCUT2D eigenvalue weighted by molar-refractivity contribution is 0.108. The van der Waals surface area contributed by atoms with Gasteiger partial charge in [0.1, 0.15) is 5.75 Å². The van der Waals surface area contributed by atoms with E-state index >= 15 is 0 Å². The number of ether oxygens (including phenoxy) is 1. The van der Waals surface area contributed by atoms with E-state index in [1.165, 1.54) is 19.3 Å². The Hall–Kier alpha value is -1.02.